The van der Waals surface area contributed by atoms with Crippen LogP contribution in [0.5, 0.6) is 0 Å². The van der Waals surface area contributed by atoms with Gasteiger partial charge in [0.15, 0.2) is 0 Å². The van der Waals surface area contributed by atoms with Gasteiger partial charge in [-0.05, 0) is 12.5 Å². The maximum absolute atomic E-state index is 3.22. The Bertz CT molecular complexity index is 79.3. The molecular formula is C8H19N. The molecule has 0 aliphatic carbocycles. The van der Waals surface area contributed by atoms with Gasteiger partial charge in [0, 0.05) is 7.97 Å². The third-order valence-corrected chi connectivity index (χ3v) is 1.03. The molecule has 0 aromatic carbocycles. The average molecular weight is 129 g/mol. The maximum Gasteiger partial charge on any atom is 0.0134 e. The van der Waals surface area contributed by atoms with Gasteiger partial charge in [-0.2, -0.15) is 0 Å². The van der Waals surface area contributed by atoms with Crippen LogP contribution in [0.15, 0.2) is 12.2 Å². The van der Waals surface area contributed by atoms with Crippen molar-refractivity contribution < 1.29 is 1.43 Å². The van der Waals surface area contributed by atoms with Gasteiger partial charge < -0.3 is 5.32 Å². The van der Waals surface area contributed by atoms with Crippen molar-refractivity contribution in [3.63, 3.8) is 0 Å². The first kappa shape index (κ1) is 8.70. The third kappa shape index (κ3) is 7.70. The van der Waals surface area contributed by atoms with Gasteiger partial charge in [-0.3, -0.25) is 0 Å². The Labute approximate surface area is 59.6 Å². The number of likely N-dealkylation sites (N-methyl/N-ethyl adjacent to an activating group) is 1. The fraction of sp³-hybridized carbons (Fsp3) is 0.750. The van der Waals surface area contributed by atoms with E-state index in [1.165, 1.54) is 0 Å². The second-order valence-electron chi connectivity index (χ2n) is 2.48. The van der Waals surface area contributed by atoms with E-state index in [2.05, 4.69) is 38.2 Å². The molecule has 0 aliphatic rings. The Balaban J connectivity index is 0. The lowest BCUT2D eigenvalue weighted by Crippen LogP contribution is -2.11. The van der Waals surface area contributed by atoms with E-state index in [-0.39, 0.29) is 1.43 Å². The third-order valence-electron chi connectivity index (χ3n) is 1.03. The lowest BCUT2D eigenvalue weighted by atomic mass is 10.2. The molecule has 0 spiro atoms. The van der Waals surface area contributed by atoms with Gasteiger partial charge in [0.1, 0.15) is 0 Å². The van der Waals surface area contributed by atoms with Crippen molar-refractivity contribution in [3.05, 3.63) is 12.2 Å². The Morgan fingerprint density at radius 2 is 2.22 bits per heavy atom. The second kappa shape index (κ2) is 5.83. The van der Waals surface area contributed by atoms with Gasteiger partial charge in [0.2, 0.25) is 0 Å². The maximum atomic E-state index is 3.22. The molecule has 1 N–H and O–H groups in total. The first-order valence-electron chi connectivity index (χ1n) is 3.64. The Morgan fingerprint density at radius 3 is 2.67 bits per heavy atom. The quantitative estimate of drug-likeness (QED) is 0.452. The predicted molar refractivity (Wildman–Crippen MR) is 44.6 cm³/mol. The van der Waals surface area contributed by atoms with Crippen LogP contribution in [-0.4, -0.2) is 13.1 Å². The summed E-state index contributed by atoms with van der Waals surface area (Å²) in [6.07, 6.45) is 4.39. The number of hydrogen-bond acceptors (Lipinski definition) is 1. The van der Waals surface area contributed by atoms with Crippen molar-refractivity contribution in [2.75, 3.05) is 13.1 Å². The topological polar surface area (TPSA) is 12.0 Å². The minimum atomic E-state index is 0. The zero-order valence-corrected chi connectivity index (χ0v) is 6.65. The minimum Gasteiger partial charge on any atom is -0.314 e. The molecule has 1 heteroatoms. The summed E-state index contributed by atoms with van der Waals surface area (Å²) in [5, 5.41) is 3.22. The zero-order chi connectivity index (χ0) is 7.11. The molecule has 0 bridgehead atoms. The van der Waals surface area contributed by atoms with E-state index < -0.39 is 0 Å². The van der Waals surface area contributed by atoms with E-state index in [1.54, 1.807) is 0 Å². The van der Waals surface area contributed by atoms with E-state index in [0.29, 0.717) is 5.92 Å². The summed E-state index contributed by atoms with van der Waals surface area (Å²) in [5.74, 6) is 0.684. The number of allylic oxidation sites excluding steroid dienone is 1. The largest absolute Gasteiger partial charge is 0.314 e. The molecule has 0 atom stereocenters. The number of hydrogen-bond donors (Lipinski definition) is 1. The summed E-state index contributed by atoms with van der Waals surface area (Å²) in [6, 6.07) is 0. The average Bonchev–Trinajstić information content (AvgIpc) is 1.80. The highest BCUT2D eigenvalue weighted by Crippen LogP contribution is 1.91. The van der Waals surface area contributed by atoms with Crippen LogP contribution in [0.4, 0.5) is 0 Å². The normalized spacial score (nSPS) is 11.6. The van der Waals surface area contributed by atoms with Crippen molar-refractivity contribution >= 4 is 0 Å². The minimum absolute atomic E-state index is 0. The van der Waals surface area contributed by atoms with Crippen LogP contribution >= 0.6 is 0 Å². The molecule has 9 heavy (non-hydrogen) atoms. The van der Waals surface area contributed by atoms with Crippen LogP contribution in [0.3, 0.4) is 0 Å². The van der Waals surface area contributed by atoms with E-state index >= 15 is 0 Å². The molecular weight excluding hydrogens is 110 g/mol. The van der Waals surface area contributed by atoms with Gasteiger partial charge in [-0.25, -0.2) is 0 Å². The SMILES string of the molecule is CCNC/C=C/C(C)C.[HH]. The summed E-state index contributed by atoms with van der Waals surface area (Å²) in [4.78, 5) is 0. The van der Waals surface area contributed by atoms with Gasteiger partial charge in [-0.15, -0.1) is 0 Å². The van der Waals surface area contributed by atoms with E-state index in [4.69, 9.17) is 0 Å². The number of nitrogens with one attached hydrogen (secondary N) is 1. The van der Waals surface area contributed by atoms with Crippen LogP contribution in [0.25, 0.3) is 0 Å². The summed E-state index contributed by atoms with van der Waals surface area (Å²) in [7, 11) is 0. The highest BCUT2D eigenvalue weighted by molar-refractivity contribution is 4.85. The number of rotatable bonds is 4. The molecule has 0 radical (unpaired) electrons. The molecule has 0 rings (SSSR count). The van der Waals surface area contributed by atoms with Crippen LogP contribution in [-0.2, 0) is 0 Å². The highest BCUT2D eigenvalue weighted by atomic mass is 14.8. The van der Waals surface area contributed by atoms with E-state index in [9.17, 15) is 0 Å². The predicted octanol–water partition coefficient (Wildman–Crippen LogP) is 2.05. The Hall–Kier alpha value is -0.300. The Morgan fingerprint density at radius 1 is 1.56 bits per heavy atom. The van der Waals surface area contributed by atoms with E-state index in [1.807, 2.05) is 0 Å². The molecule has 0 amide bonds. The van der Waals surface area contributed by atoms with Gasteiger partial charge in [0.25, 0.3) is 0 Å². The van der Waals surface area contributed by atoms with Crippen molar-refractivity contribution in [2.45, 2.75) is 20.8 Å². The second-order valence-corrected chi connectivity index (χ2v) is 2.48. The van der Waals surface area contributed by atoms with Crippen LogP contribution in [0.2, 0.25) is 0 Å². The molecule has 56 valence electrons. The Kier molecular flexibility index (Phi) is 5.64. The fourth-order valence-corrected chi connectivity index (χ4v) is 0.568. The van der Waals surface area contributed by atoms with Crippen molar-refractivity contribution in [2.24, 2.45) is 5.92 Å². The van der Waals surface area contributed by atoms with E-state index in [0.717, 1.165) is 13.1 Å². The first-order chi connectivity index (χ1) is 4.27. The molecule has 0 saturated carbocycles. The molecule has 0 aliphatic heterocycles. The van der Waals surface area contributed by atoms with Gasteiger partial charge in [-0.1, -0.05) is 32.9 Å². The summed E-state index contributed by atoms with van der Waals surface area (Å²) in [6.45, 7) is 8.55. The molecule has 0 aromatic rings. The van der Waals surface area contributed by atoms with Crippen LogP contribution in [0, 0.1) is 5.92 Å². The van der Waals surface area contributed by atoms with Gasteiger partial charge >= 0.3 is 0 Å². The summed E-state index contributed by atoms with van der Waals surface area (Å²) >= 11 is 0. The van der Waals surface area contributed by atoms with Gasteiger partial charge in [0.05, 0.1) is 0 Å². The highest BCUT2D eigenvalue weighted by Gasteiger charge is 1.80. The molecule has 0 saturated heterocycles. The molecule has 0 aromatic heterocycles. The van der Waals surface area contributed by atoms with Crippen molar-refractivity contribution in [3.8, 4) is 0 Å². The van der Waals surface area contributed by atoms with Crippen LogP contribution < -0.4 is 5.32 Å². The molecule has 1 nitrogen and oxygen atoms in total. The van der Waals surface area contributed by atoms with Crippen LogP contribution in [0.1, 0.15) is 22.2 Å². The summed E-state index contributed by atoms with van der Waals surface area (Å²) < 4.78 is 0. The fourth-order valence-electron chi connectivity index (χ4n) is 0.568. The summed E-state index contributed by atoms with van der Waals surface area (Å²) in [5.41, 5.74) is 0. The first-order valence-corrected chi connectivity index (χ1v) is 3.64. The lowest BCUT2D eigenvalue weighted by molar-refractivity contribution is 0.780. The van der Waals surface area contributed by atoms with Crippen molar-refractivity contribution in [1.29, 1.82) is 0 Å². The zero-order valence-electron chi connectivity index (χ0n) is 6.65. The molecule has 0 heterocycles. The lowest BCUT2D eigenvalue weighted by Gasteiger charge is -1.94. The smallest absolute Gasteiger partial charge is 0.0134 e. The molecule has 0 unspecified atom stereocenters. The standard InChI is InChI=1S/C8H17N.H2/c1-4-9-7-5-6-8(2)3;/h5-6,8-9H,4,7H2,1-3H3;1H/b6-5+;. The van der Waals surface area contributed by atoms with Crippen molar-refractivity contribution in [1.82, 2.24) is 5.32 Å². The monoisotopic (exact) mass is 129 g/mol. The molecule has 0 fully saturated rings.